The van der Waals surface area contributed by atoms with Crippen molar-refractivity contribution in [3.05, 3.63) is 0 Å². The maximum absolute atomic E-state index is 5.53. The molecule has 0 aliphatic heterocycles. The maximum Gasteiger partial charge on any atom is 0.0615 e. The Morgan fingerprint density at radius 1 is 1.29 bits per heavy atom. The van der Waals surface area contributed by atoms with Crippen LogP contribution in [-0.2, 0) is 4.74 Å². The Labute approximate surface area is 107 Å². The van der Waals surface area contributed by atoms with Gasteiger partial charge in [0.15, 0.2) is 0 Å². The second kappa shape index (κ2) is 11.0. The quantitative estimate of drug-likeness (QED) is 0.535. The first-order valence-corrected chi connectivity index (χ1v) is 6.74. The molecule has 0 aromatic rings. The van der Waals surface area contributed by atoms with Crippen LogP contribution in [0.4, 0.5) is 0 Å². The molecule has 4 heteroatoms. The van der Waals surface area contributed by atoms with E-state index in [0.717, 1.165) is 39.1 Å². The molecule has 0 saturated carbocycles. The first-order valence-electron chi connectivity index (χ1n) is 6.74. The molecule has 0 aromatic carbocycles. The lowest BCUT2D eigenvalue weighted by molar-refractivity contribution is 0.160. The van der Waals surface area contributed by atoms with Crippen molar-refractivity contribution in [3.63, 3.8) is 0 Å². The van der Waals surface area contributed by atoms with Crippen molar-refractivity contribution in [1.29, 1.82) is 0 Å². The number of hydrogen-bond donors (Lipinski definition) is 2. The summed E-state index contributed by atoms with van der Waals surface area (Å²) in [5.74, 6) is 0. The summed E-state index contributed by atoms with van der Waals surface area (Å²) in [6.45, 7) is 8.18. The van der Waals surface area contributed by atoms with Gasteiger partial charge in [-0.25, -0.2) is 0 Å². The maximum atomic E-state index is 5.53. The van der Waals surface area contributed by atoms with Crippen molar-refractivity contribution in [1.82, 2.24) is 10.2 Å². The van der Waals surface area contributed by atoms with Gasteiger partial charge in [-0.15, -0.1) is 0 Å². The van der Waals surface area contributed by atoms with E-state index in [-0.39, 0.29) is 0 Å². The average molecular weight is 245 g/mol. The third-order valence-electron chi connectivity index (χ3n) is 3.13. The summed E-state index contributed by atoms with van der Waals surface area (Å²) >= 11 is 0. The zero-order valence-corrected chi connectivity index (χ0v) is 12.0. The van der Waals surface area contributed by atoms with Gasteiger partial charge < -0.3 is 20.7 Å². The zero-order valence-electron chi connectivity index (χ0n) is 12.0. The molecule has 0 amide bonds. The van der Waals surface area contributed by atoms with Gasteiger partial charge in [0.05, 0.1) is 6.61 Å². The molecule has 0 radical (unpaired) electrons. The minimum atomic E-state index is 0.452. The van der Waals surface area contributed by atoms with Crippen LogP contribution in [0.15, 0.2) is 0 Å². The number of rotatable bonds is 11. The fraction of sp³-hybridized carbons (Fsp3) is 1.00. The van der Waals surface area contributed by atoms with E-state index >= 15 is 0 Å². The third kappa shape index (κ3) is 9.53. The van der Waals surface area contributed by atoms with Crippen LogP contribution in [0.2, 0.25) is 0 Å². The Bertz CT molecular complexity index is 165. The molecule has 1 atom stereocenters. The second-order valence-corrected chi connectivity index (χ2v) is 4.97. The zero-order chi connectivity index (χ0) is 13.1. The number of methoxy groups -OCH3 is 1. The van der Waals surface area contributed by atoms with Crippen molar-refractivity contribution >= 4 is 0 Å². The van der Waals surface area contributed by atoms with E-state index in [1.807, 2.05) is 0 Å². The molecule has 0 spiro atoms. The van der Waals surface area contributed by atoms with Crippen LogP contribution in [0.1, 0.15) is 33.1 Å². The molecular formula is C13H31N3O. The highest BCUT2D eigenvalue weighted by molar-refractivity contribution is 4.67. The summed E-state index contributed by atoms with van der Waals surface area (Å²) in [5, 5.41) is 3.54. The number of hydrogen-bond acceptors (Lipinski definition) is 4. The van der Waals surface area contributed by atoms with Gasteiger partial charge in [0, 0.05) is 19.2 Å². The molecule has 0 rings (SSSR count). The first-order chi connectivity index (χ1) is 8.11. The lowest BCUT2D eigenvalue weighted by Crippen LogP contribution is -2.36. The van der Waals surface area contributed by atoms with Gasteiger partial charge in [0.2, 0.25) is 0 Å². The Balaban J connectivity index is 3.59. The highest BCUT2D eigenvalue weighted by Gasteiger charge is 2.07. The fourth-order valence-electron chi connectivity index (χ4n) is 1.70. The first kappa shape index (κ1) is 16.8. The van der Waals surface area contributed by atoms with Crippen molar-refractivity contribution in [3.8, 4) is 0 Å². The fourth-order valence-corrected chi connectivity index (χ4v) is 1.70. The largest absolute Gasteiger partial charge is 0.383 e. The van der Waals surface area contributed by atoms with E-state index in [0.29, 0.717) is 12.1 Å². The normalized spacial score (nSPS) is 13.6. The Morgan fingerprint density at radius 3 is 2.53 bits per heavy atom. The average Bonchev–Trinajstić information content (AvgIpc) is 2.30. The number of nitrogens with two attached hydrogens (primary N) is 1. The van der Waals surface area contributed by atoms with Crippen LogP contribution >= 0.6 is 0 Å². The summed E-state index contributed by atoms with van der Waals surface area (Å²) in [4.78, 5) is 2.37. The van der Waals surface area contributed by atoms with Gasteiger partial charge in [0.1, 0.15) is 0 Å². The summed E-state index contributed by atoms with van der Waals surface area (Å²) in [5.41, 5.74) is 5.53. The molecule has 3 N–H and O–H groups in total. The Morgan fingerprint density at radius 2 is 2.00 bits per heavy atom. The lowest BCUT2D eigenvalue weighted by Gasteiger charge is -2.22. The highest BCUT2D eigenvalue weighted by Crippen LogP contribution is 1.98. The highest BCUT2D eigenvalue weighted by atomic mass is 16.5. The monoisotopic (exact) mass is 245 g/mol. The molecule has 0 bridgehead atoms. The molecule has 0 aromatic heterocycles. The van der Waals surface area contributed by atoms with Crippen molar-refractivity contribution in [2.24, 2.45) is 5.73 Å². The molecular weight excluding hydrogens is 214 g/mol. The standard InChI is InChI=1S/C13H31N3O/c1-12(2)16(3)10-6-9-15-13(11-17-4)7-5-8-14/h12-13,15H,5-11,14H2,1-4H3. The molecule has 4 nitrogen and oxygen atoms in total. The Kier molecular flexibility index (Phi) is 10.9. The van der Waals surface area contributed by atoms with Gasteiger partial charge in [-0.2, -0.15) is 0 Å². The van der Waals surface area contributed by atoms with Gasteiger partial charge >= 0.3 is 0 Å². The second-order valence-electron chi connectivity index (χ2n) is 4.97. The summed E-state index contributed by atoms with van der Waals surface area (Å²) in [6, 6.07) is 1.08. The molecule has 104 valence electrons. The third-order valence-corrected chi connectivity index (χ3v) is 3.13. The van der Waals surface area contributed by atoms with Gasteiger partial charge in [-0.3, -0.25) is 0 Å². The minimum absolute atomic E-state index is 0.452. The van der Waals surface area contributed by atoms with Crippen molar-refractivity contribution in [2.75, 3.05) is 40.4 Å². The summed E-state index contributed by atoms with van der Waals surface area (Å²) in [6.07, 6.45) is 3.34. The summed E-state index contributed by atoms with van der Waals surface area (Å²) in [7, 11) is 3.93. The van der Waals surface area contributed by atoms with E-state index < -0.39 is 0 Å². The lowest BCUT2D eigenvalue weighted by atomic mass is 10.1. The van der Waals surface area contributed by atoms with Crippen LogP contribution in [0.25, 0.3) is 0 Å². The van der Waals surface area contributed by atoms with Gasteiger partial charge in [-0.1, -0.05) is 0 Å². The van der Waals surface area contributed by atoms with Crippen LogP contribution in [0, 0.1) is 0 Å². The van der Waals surface area contributed by atoms with E-state index in [1.54, 1.807) is 7.11 Å². The van der Waals surface area contributed by atoms with E-state index in [1.165, 1.54) is 6.42 Å². The van der Waals surface area contributed by atoms with Crippen LogP contribution in [-0.4, -0.2) is 57.4 Å². The molecule has 0 heterocycles. The molecule has 0 fully saturated rings. The van der Waals surface area contributed by atoms with Gasteiger partial charge in [0.25, 0.3) is 0 Å². The van der Waals surface area contributed by atoms with Crippen molar-refractivity contribution in [2.45, 2.75) is 45.2 Å². The van der Waals surface area contributed by atoms with E-state index in [4.69, 9.17) is 10.5 Å². The molecule has 0 saturated heterocycles. The van der Waals surface area contributed by atoms with Crippen LogP contribution in [0.3, 0.4) is 0 Å². The SMILES string of the molecule is COCC(CCCN)NCCCN(C)C(C)C. The molecule has 1 unspecified atom stereocenters. The predicted molar refractivity (Wildman–Crippen MR) is 74.3 cm³/mol. The smallest absolute Gasteiger partial charge is 0.0615 e. The van der Waals surface area contributed by atoms with Crippen molar-refractivity contribution < 1.29 is 4.74 Å². The number of nitrogens with zero attached hydrogens (tertiary/aromatic N) is 1. The molecule has 0 aliphatic carbocycles. The minimum Gasteiger partial charge on any atom is -0.383 e. The van der Waals surface area contributed by atoms with Crippen LogP contribution in [0.5, 0.6) is 0 Å². The van der Waals surface area contributed by atoms with Crippen LogP contribution < -0.4 is 11.1 Å². The molecule has 17 heavy (non-hydrogen) atoms. The number of ether oxygens (including phenoxy) is 1. The summed E-state index contributed by atoms with van der Waals surface area (Å²) < 4.78 is 5.20. The number of nitrogens with one attached hydrogen (secondary N) is 1. The predicted octanol–water partition coefficient (Wildman–Crippen LogP) is 1.06. The van der Waals surface area contributed by atoms with Gasteiger partial charge in [-0.05, 0) is 59.8 Å². The topological polar surface area (TPSA) is 50.5 Å². The van der Waals surface area contributed by atoms with E-state index in [2.05, 4.69) is 31.1 Å². The Hall–Kier alpha value is -0.160. The van der Waals surface area contributed by atoms with E-state index in [9.17, 15) is 0 Å². The molecule has 0 aliphatic rings.